The zero-order chi connectivity index (χ0) is 19.8. The molecule has 27 heavy (non-hydrogen) atoms. The van der Waals surface area contributed by atoms with Crippen molar-refractivity contribution in [3.63, 3.8) is 0 Å². The Labute approximate surface area is 161 Å². The molecule has 1 aliphatic heterocycles. The number of ketones is 1. The zero-order valence-electron chi connectivity index (χ0n) is 16.6. The van der Waals surface area contributed by atoms with Crippen molar-refractivity contribution < 1.29 is 14.4 Å². The number of carbonyl (C=O) groups is 3. The first-order chi connectivity index (χ1) is 12.9. The first kappa shape index (κ1) is 21.1. The topological polar surface area (TPSA) is 78.5 Å². The maximum absolute atomic E-state index is 12.5. The predicted molar refractivity (Wildman–Crippen MR) is 107 cm³/mol. The molecule has 6 nitrogen and oxygen atoms in total. The van der Waals surface area contributed by atoms with Crippen LogP contribution >= 0.6 is 0 Å². The zero-order valence-corrected chi connectivity index (χ0v) is 16.6. The molecule has 0 aromatic heterocycles. The highest BCUT2D eigenvalue weighted by molar-refractivity contribution is 5.97. The Bertz CT molecular complexity index is 674. The summed E-state index contributed by atoms with van der Waals surface area (Å²) in [5.41, 5.74) is 1.19. The molecule has 0 aliphatic carbocycles. The van der Waals surface area contributed by atoms with Crippen LogP contribution in [-0.2, 0) is 9.59 Å². The number of piperidine rings is 1. The van der Waals surface area contributed by atoms with Gasteiger partial charge in [-0.25, -0.2) is 0 Å². The summed E-state index contributed by atoms with van der Waals surface area (Å²) in [6.07, 6.45) is 3.80. The van der Waals surface area contributed by atoms with Gasteiger partial charge in [0, 0.05) is 30.4 Å². The van der Waals surface area contributed by atoms with E-state index >= 15 is 0 Å². The van der Waals surface area contributed by atoms with Gasteiger partial charge in [0.1, 0.15) is 0 Å². The molecule has 1 heterocycles. The molecular weight excluding hydrogens is 342 g/mol. The minimum absolute atomic E-state index is 0.0346. The Kier molecular flexibility index (Phi) is 7.98. The molecule has 6 heteroatoms. The molecule has 0 bridgehead atoms. The molecule has 0 radical (unpaired) electrons. The van der Waals surface area contributed by atoms with E-state index in [1.165, 1.54) is 6.92 Å². The molecule has 1 fully saturated rings. The Morgan fingerprint density at radius 1 is 1.22 bits per heavy atom. The lowest BCUT2D eigenvalue weighted by atomic mass is 9.92. The molecule has 1 aliphatic rings. The molecule has 1 aromatic rings. The van der Waals surface area contributed by atoms with Gasteiger partial charge in [-0.15, -0.1) is 0 Å². The third kappa shape index (κ3) is 6.47. The van der Waals surface area contributed by atoms with E-state index in [9.17, 15) is 14.4 Å². The second-order valence-corrected chi connectivity index (χ2v) is 7.38. The van der Waals surface area contributed by atoms with Crippen LogP contribution in [0.2, 0.25) is 0 Å². The molecule has 1 aromatic carbocycles. The highest BCUT2D eigenvalue weighted by atomic mass is 16.2. The van der Waals surface area contributed by atoms with E-state index in [0.717, 1.165) is 25.7 Å². The minimum Gasteiger partial charge on any atom is -0.356 e. The second kappa shape index (κ2) is 10.2. The average Bonchev–Trinajstić information content (AvgIpc) is 2.63. The largest absolute Gasteiger partial charge is 0.356 e. The van der Waals surface area contributed by atoms with Gasteiger partial charge in [0.25, 0.3) is 0 Å². The number of amides is 2. The normalized spacial score (nSPS) is 20.1. The Morgan fingerprint density at radius 2 is 2.00 bits per heavy atom. The van der Waals surface area contributed by atoms with Crippen LogP contribution in [0.5, 0.6) is 0 Å². The lowest BCUT2D eigenvalue weighted by Crippen LogP contribution is -2.49. The van der Waals surface area contributed by atoms with Crippen LogP contribution < -0.4 is 10.6 Å². The monoisotopic (exact) mass is 373 g/mol. The number of rotatable bonds is 8. The summed E-state index contributed by atoms with van der Waals surface area (Å²) in [6, 6.07) is 7.20. The number of benzene rings is 1. The molecule has 148 valence electrons. The van der Waals surface area contributed by atoms with Gasteiger partial charge < -0.3 is 10.6 Å². The van der Waals surface area contributed by atoms with Gasteiger partial charge in [-0.2, -0.15) is 0 Å². The molecule has 2 atom stereocenters. The lowest BCUT2D eigenvalue weighted by molar-refractivity contribution is -0.128. The van der Waals surface area contributed by atoms with Crippen molar-refractivity contribution in [2.45, 2.75) is 52.5 Å². The SMILES string of the molecule is CCCCNC(=O)C1CCC(C)N(CC(=O)Nc2cccc(C(C)=O)c2)C1. The van der Waals surface area contributed by atoms with E-state index in [1.807, 2.05) is 0 Å². The Morgan fingerprint density at radius 3 is 2.70 bits per heavy atom. The first-order valence-corrected chi connectivity index (χ1v) is 9.83. The number of unbranched alkanes of at least 4 members (excludes halogenated alkanes) is 1. The number of nitrogens with zero attached hydrogens (tertiary/aromatic N) is 1. The number of hydrogen-bond acceptors (Lipinski definition) is 4. The molecule has 1 saturated heterocycles. The van der Waals surface area contributed by atoms with Crippen molar-refractivity contribution in [3.05, 3.63) is 29.8 Å². The highest BCUT2D eigenvalue weighted by Gasteiger charge is 2.30. The summed E-state index contributed by atoms with van der Waals surface area (Å²) in [5.74, 6) is -0.135. The van der Waals surface area contributed by atoms with Crippen LogP contribution in [0.3, 0.4) is 0 Å². The van der Waals surface area contributed by atoms with Crippen LogP contribution in [0.15, 0.2) is 24.3 Å². The third-order valence-corrected chi connectivity index (χ3v) is 5.11. The van der Waals surface area contributed by atoms with Crippen molar-refractivity contribution in [3.8, 4) is 0 Å². The molecule has 0 spiro atoms. The third-order valence-electron chi connectivity index (χ3n) is 5.11. The molecule has 0 saturated carbocycles. The number of anilines is 1. The van der Waals surface area contributed by atoms with Crippen LogP contribution in [0, 0.1) is 5.92 Å². The molecule has 2 amide bonds. The first-order valence-electron chi connectivity index (χ1n) is 9.83. The molecular formula is C21H31N3O3. The summed E-state index contributed by atoms with van der Waals surface area (Å²) >= 11 is 0. The van der Waals surface area contributed by atoms with E-state index < -0.39 is 0 Å². The molecule has 2 unspecified atom stereocenters. The highest BCUT2D eigenvalue weighted by Crippen LogP contribution is 2.22. The maximum Gasteiger partial charge on any atom is 0.238 e. The molecule has 2 N–H and O–H groups in total. The predicted octanol–water partition coefficient (Wildman–Crippen LogP) is 2.84. The van der Waals surface area contributed by atoms with Crippen LogP contribution in [0.25, 0.3) is 0 Å². The summed E-state index contributed by atoms with van der Waals surface area (Å²) in [6.45, 7) is 7.25. The summed E-state index contributed by atoms with van der Waals surface area (Å²) in [7, 11) is 0. The van der Waals surface area contributed by atoms with Gasteiger partial charge in [0.05, 0.1) is 12.5 Å². The van der Waals surface area contributed by atoms with Crippen molar-refractivity contribution in [2.75, 3.05) is 25.0 Å². The van der Waals surface area contributed by atoms with E-state index in [0.29, 0.717) is 24.3 Å². The van der Waals surface area contributed by atoms with Gasteiger partial charge in [-0.1, -0.05) is 25.5 Å². The van der Waals surface area contributed by atoms with Gasteiger partial charge in [0.15, 0.2) is 5.78 Å². The van der Waals surface area contributed by atoms with E-state index in [4.69, 9.17) is 0 Å². The van der Waals surface area contributed by atoms with E-state index in [2.05, 4.69) is 29.4 Å². The van der Waals surface area contributed by atoms with Gasteiger partial charge in [-0.05, 0) is 45.2 Å². The fraction of sp³-hybridized carbons (Fsp3) is 0.571. The fourth-order valence-electron chi connectivity index (χ4n) is 3.35. The molecule has 2 rings (SSSR count). The number of carbonyl (C=O) groups excluding carboxylic acids is 3. The van der Waals surface area contributed by atoms with Crippen LogP contribution in [0.1, 0.15) is 56.8 Å². The summed E-state index contributed by atoms with van der Waals surface area (Å²) in [5, 5.41) is 5.86. The van der Waals surface area contributed by atoms with Gasteiger partial charge in [-0.3, -0.25) is 19.3 Å². The summed E-state index contributed by atoms with van der Waals surface area (Å²) in [4.78, 5) is 38.3. The van der Waals surface area contributed by atoms with Crippen molar-refractivity contribution >= 4 is 23.3 Å². The van der Waals surface area contributed by atoms with Crippen molar-refractivity contribution in [1.82, 2.24) is 10.2 Å². The van der Waals surface area contributed by atoms with Gasteiger partial charge >= 0.3 is 0 Å². The standard InChI is InChI=1S/C21H31N3O3/c1-4-5-11-22-21(27)18-10-9-15(2)24(13-18)14-20(26)23-19-8-6-7-17(12-19)16(3)25/h6-8,12,15,18H,4-5,9-11,13-14H2,1-3H3,(H,22,27)(H,23,26). The number of hydrogen-bond donors (Lipinski definition) is 2. The lowest BCUT2D eigenvalue weighted by Gasteiger charge is -2.36. The summed E-state index contributed by atoms with van der Waals surface area (Å²) < 4.78 is 0. The minimum atomic E-state index is -0.130. The van der Waals surface area contributed by atoms with Gasteiger partial charge in [0.2, 0.25) is 11.8 Å². The van der Waals surface area contributed by atoms with Crippen LogP contribution in [0.4, 0.5) is 5.69 Å². The van der Waals surface area contributed by atoms with Crippen LogP contribution in [-0.4, -0.2) is 48.2 Å². The Balaban J connectivity index is 1.90. The Hall–Kier alpha value is -2.21. The van der Waals surface area contributed by atoms with E-state index in [-0.39, 0.29) is 36.1 Å². The van der Waals surface area contributed by atoms with Crippen molar-refractivity contribution in [1.29, 1.82) is 0 Å². The van der Waals surface area contributed by atoms with Crippen molar-refractivity contribution in [2.24, 2.45) is 5.92 Å². The number of nitrogens with one attached hydrogen (secondary N) is 2. The smallest absolute Gasteiger partial charge is 0.238 e. The second-order valence-electron chi connectivity index (χ2n) is 7.38. The maximum atomic E-state index is 12.5. The number of likely N-dealkylation sites (tertiary alicyclic amines) is 1. The number of Topliss-reactive ketones (excluding diaryl/α,β-unsaturated/α-hetero) is 1. The quantitative estimate of drug-likeness (QED) is 0.542. The fourth-order valence-corrected chi connectivity index (χ4v) is 3.35. The van der Waals surface area contributed by atoms with E-state index in [1.54, 1.807) is 24.3 Å². The average molecular weight is 373 g/mol.